The second-order valence-corrected chi connectivity index (χ2v) is 5.92. The Morgan fingerprint density at radius 3 is 2.57 bits per heavy atom. The Kier molecular flexibility index (Phi) is 3.54. The molecule has 1 aliphatic heterocycles. The van der Waals surface area contributed by atoms with E-state index in [1.807, 2.05) is 0 Å². The van der Waals surface area contributed by atoms with Crippen LogP contribution in [0.15, 0.2) is 34.9 Å². The highest BCUT2D eigenvalue weighted by atomic mass is 16.5. The summed E-state index contributed by atoms with van der Waals surface area (Å²) in [5, 5.41) is 0.504. The maximum absolute atomic E-state index is 12.8. The van der Waals surface area contributed by atoms with Gasteiger partial charge in [0.25, 0.3) is 5.91 Å². The number of rotatable bonds is 4. The molecule has 9 heteroatoms. The van der Waals surface area contributed by atoms with Crippen LogP contribution in [0.25, 0.3) is 10.9 Å². The fourth-order valence-corrected chi connectivity index (χ4v) is 2.83. The van der Waals surface area contributed by atoms with E-state index in [9.17, 15) is 4.79 Å². The Hall–Kier alpha value is -3.49. The lowest BCUT2D eigenvalue weighted by Gasteiger charge is -2.34. The highest BCUT2D eigenvalue weighted by Crippen LogP contribution is 2.34. The van der Waals surface area contributed by atoms with Gasteiger partial charge in [-0.05, 0) is 18.2 Å². The molecule has 28 heavy (non-hydrogen) atoms. The summed E-state index contributed by atoms with van der Waals surface area (Å²) in [6, 6.07) is 6.07. The summed E-state index contributed by atoms with van der Waals surface area (Å²) in [6.07, 6.45) is 1.27. The van der Waals surface area contributed by atoms with Gasteiger partial charge in [0.15, 0.2) is 17.3 Å². The number of carbonyl (C=O) groups is 1. The molecule has 0 saturated carbocycles. The van der Waals surface area contributed by atoms with Crippen molar-refractivity contribution in [2.24, 2.45) is 0 Å². The van der Waals surface area contributed by atoms with Crippen molar-refractivity contribution in [1.82, 2.24) is 14.9 Å². The molecule has 9 nitrogen and oxygen atoms in total. The predicted octanol–water partition coefficient (Wildman–Crippen LogP) is 1.78. The van der Waals surface area contributed by atoms with Crippen LogP contribution in [0, 0.1) is 0 Å². The Labute approximate surface area is 167 Å². The first-order chi connectivity index (χ1) is 15.1. The highest BCUT2D eigenvalue weighted by molar-refractivity contribution is 5.92. The van der Waals surface area contributed by atoms with Crippen molar-refractivity contribution in [1.29, 1.82) is 0 Å². The molecule has 2 aromatic heterocycles. The zero-order valence-electron chi connectivity index (χ0n) is 19.3. The number of methoxy groups -OCH3 is 2. The lowest BCUT2D eigenvalue weighted by atomic mass is 10.2. The van der Waals surface area contributed by atoms with Crippen molar-refractivity contribution < 1.29 is 24.2 Å². The molecule has 2 N–H and O–H groups in total. The SMILES string of the molecule is [2H]C1([2H])CN(c2nc(N)c3cc(OC)c(OC)cc3n2)CC([2H])([2H])N1C(=O)c1ccco1. The third-order valence-corrected chi connectivity index (χ3v) is 4.28. The average Bonchev–Trinajstić information content (AvgIpc) is 3.26. The van der Waals surface area contributed by atoms with Gasteiger partial charge in [-0.2, -0.15) is 4.98 Å². The number of hydrogen-bond donors (Lipinski definition) is 1. The van der Waals surface area contributed by atoms with Gasteiger partial charge in [-0.15, -0.1) is 0 Å². The van der Waals surface area contributed by atoms with Crippen molar-refractivity contribution in [3.05, 3.63) is 36.3 Å². The van der Waals surface area contributed by atoms with E-state index < -0.39 is 18.9 Å². The van der Waals surface area contributed by atoms with Gasteiger partial charge < -0.3 is 29.4 Å². The average molecular weight is 387 g/mol. The number of hydrogen-bond acceptors (Lipinski definition) is 8. The zero-order chi connectivity index (χ0) is 23.3. The van der Waals surface area contributed by atoms with Crippen molar-refractivity contribution in [2.45, 2.75) is 0 Å². The molecule has 0 aliphatic carbocycles. The van der Waals surface area contributed by atoms with Gasteiger partial charge in [0.1, 0.15) is 5.82 Å². The Morgan fingerprint density at radius 1 is 1.21 bits per heavy atom. The van der Waals surface area contributed by atoms with Crippen LogP contribution in [0.1, 0.15) is 16.0 Å². The van der Waals surface area contributed by atoms with Crippen LogP contribution in [0.5, 0.6) is 11.5 Å². The first-order valence-electron chi connectivity index (χ1n) is 10.4. The molecular weight excluding hydrogens is 362 g/mol. The number of nitrogens with zero attached hydrogens (tertiary/aromatic N) is 4. The summed E-state index contributed by atoms with van der Waals surface area (Å²) in [5.74, 6) is -0.0376. The molecule has 0 atom stereocenters. The molecule has 1 saturated heterocycles. The summed E-state index contributed by atoms with van der Waals surface area (Å²) in [7, 11) is 2.97. The quantitative estimate of drug-likeness (QED) is 0.722. The van der Waals surface area contributed by atoms with E-state index in [4.69, 9.17) is 25.1 Å². The predicted molar refractivity (Wildman–Crippen MR) is 104 cm³/mol. The van der Waals surface area contributed by atoms with Crippen LogP contribution in [0.2, 0.25) is 0 Å². The normalized spacial score (nSPS) is 20.1. The van der Waals surface area contributed by atoms with Gasteiger partial charge in [-0.1, -0.05) is 0 Å². The summed E-state index contributed by atoms with van der Waals surface area (Å²) < 4.78 is 49.3. The Balaban J connectivity index is 1.73. The van der Waals surface area contributed by atoms with Gasteiger partial charge in [0.2, 0.25) is 5.95 Å². The van der Waals surface area contributed by atoms with Crippen LogP contribution >= 0.6 is 0 Å². The minimum absolute atomic E-state index is 0.0278. The van der Waals surface area contributed by atoms with Crippen molar-refractivity contribution in [3.63, 3.8) is 0 Å². The van der Waals surface area contributed by atoms with Crippen LogP contribution < -0.4 is 20.1 Å². The van der Waals surface area contributed by atoms with Gasteiger partial charge in [0, 0.05) is 37.5 Å². The van der Waals surface area contributed by atoms with E-state index in [0.29, 0.717) is 27.3 Å². The number of carbonyl (C=O) groups excluding carboxylic acids is 1. The number of benzene rings is 1. The maximum atomic E-state index is 12.8. The molecule has 0 spiro atoms. The lowest BCUT2D eigenvalue weighted by Crippen LogP contribution is -2.49. The van der Waals surface area contributed by atoms with Crippen LogP contribution in [-0.2, 0) is 0 Å². The summed E-state index contributed by atoms with van der Waals surface area (Å²) in [4.78, 5) is 23.3. The van der Waals surface area contributed by atoms with Gasteiger partial charge in [0.05, 0.1) is 31.5 Å². The van der Waals surface area contributed by atoms with Gasteiger partial charge in [-0.3, -0.25) is 4.79 Å². The first-order valence-corrected chi connectivity index (χ1v) is 8.40. The van der Waals surface area contributed by atoms with E-state index in [1.54, 1.807) is 12.1 Å². The first kappa shape index (κ1) is 13.6. The molecule has 1 aromatic carbocycles. The third-order valence-electron chi connectivity index (χ3n) is 4.28. The van der Waals surface area contributed by atoms with Crippen molar-refractivity contribution in [3.8, 4) is 11.5 Å². The van der Waals surface area contributed by atoms with E-state index >= 15 is 0 Å². The van der Waals surface area contributed by atoms with Crippen LogP contribution in [0.3, 0.4) is 0 Å². The number of furan rings is 1. The molecule has 4 rings (SSSR count). The number of anilines is 2. The third kappa shape index (κ3) is 3.15. The van der Waals surface area contributed by atoms with Crippen molar-refractivity contribution in [2.75, 3.05) is 50.9 Å². The topological polar surface area (TPSA) is 107 Å². The molecule has 0 unspecified atom stereocenters. The fourth-order valence-electron chi connectivity index (χ4n) is 2.83. The molecule has 3 aromatic rings. The summed E-state index contributed by atoms with van der Waals surface area (Å²) >= 11 is 0. The standard InChI is InChI=1S/C19H21N5O4/c1-26-15-10-12-13(11-16(15)27-2)21-19(22-17(12)20)24-7-5-23(6-8-24)18(25)14-4-3-9-28-14/h3-4,9-11H,5-8H2,1-2H3,(H2,20,21,22)/i5D2,6D2. The summed E-state index contributed by atoms with van der Waals surface area (Å²) in [5.41, 5.74) is 6.53. The molecule has 0 bridgehead atoms. The van der Waals surface area contributed by atoms with E-state index in [0.717, 1.165) is 0 Å². The molecular formula is C19H21N5O4. The number of piperazine rings is 1. The zero-order valence-corrected chi connectivity index (χ0v) is 15.3. The van der Waals surface area contributed by atoms with Gasteiger partial charge in [-0.25, -0.2) is 4.98 Å². The number of nitrogens with two attached hydrogens (primary N) is 1. The number of fused-ring (bicyclic) bond motifs is 1. The smallest absolute Gasteiger partial charge is 0.289 e. The van der Waals surface area contributed by atoms with Gasteiger partial charge >= 0.3 is 0 Å². The summed E-state index contributed by atoms with van der Waals surface area (Å²) in [6.45, 7) is -5.54. The Morgan fingerprint density at radius 2 is 1.93 bits per heavy atom. The molecule has 1 fully saturated rings. The number of nitrogen functional groups attached to an aromatic ring is 1. The molecule has 3 heterocycles. The van der Waals surface area contributed by atoms with E-state index in [1.165, 1.54) is 37.5 Å². The fraction of sp³-hybridized carbons (Fsp3) is 0.316. The number of amides is 1. The van der Waals surface area contributed by atoms with Crippen molar-refractivity contribution >= 4 is 28.6 Å². The van der Waals surface area contributed by atoms with E-state index in [2.05, 4.69) is 9.97 Å². The maximum Gasteiger partial charge on any atom is 0.289 e. The lowest BCUT2D eigenvalue weighted by molar-refractivity contribution is 0.0714. The molecule has 1 aliphatic rings. The molecule has 146 valence electrons. The molecule has 0 radical (unpaired) electrons. The van der Waals surface area contributed by atoms with Crippen LogP contribution in [0.4, 0.5) is 11.8 Å². The van der Waals surface area contributed by atoms with E-state index in [-0.39, 0.29) is 30.6 Å². The van der Waals surface area contributed by atoms with Crippen LogP contribution in [-0.4, -0.2) is 61.1 Å². The Bertz CT molecular complexity index is 1150. The number of ether oxygens (including phenoxy) is 2. The second kappa shape index (κ2) is 7.26. The minimum atomic E-state index is -2.39. The monoisotopic (exact) mass is 387 g/mol. The minimum Gasteiger partial charge on any atom is -0.493 e. The highest BCUT2D eigenvalue weighted by Gasteiger charge is 2.25. The molecule has 1 amide bonds. The largest absolute Gasteiger partial charge is 0.493 e. The second-order valence-electron chi connectivity index (χ2n) is 5.92. The number of aromatic nitrogens is 2.